The van der Waals surface area contributed by atoms with Gasteiger partial charge in [0.05, 0.1) is 11.0 Å². The number of carbonyl (C=O) groups excluding carboxylic acids is 2. The monoisotopic (exact) mass is 464 g/mol. The highest BCUT2D eigenvalue weighted by atomic mass is 16.6. The first kappa shape index (κ1) is 23.7. The predicted molar refractivity (Wildman–Crippen MR) is 131 cm³/mol. The van der Waals surface area contributed by atoms with Crippen LogP contribution in [0.2, 0.25) is 0 Å². The van der Waals surface area contributed by atoms with Gasteiger partial charge in [0.2, 0.25) is 0 Å². The SMILES string of the molecule is Cc1cc(-c2nc3ccc(C=O)cc3n2C[C@H]2CCCN(C(=O)OC(C)(C)C)C2)cn(C)c1=O. The van der Waals surface area contributed by atoms with E-state index in [-0.39, 0.29) is 17.6 Å². The van der Waals surface area contributed by atoms with Crippen LogP contribution in [-0.4, -0.2) is 50.1 Å². The van der Waals surface area contributed by atoms with Gasteiger partial charge in [-0.25, -0.2) is 9.78 Å². The molecule has 1 aromatic carbocycles. The summed E-state index contributed by atoms with van der Waals surface area (Å²) in [6.45, 7) is 9.31. The van der Waals surface area contributed by atoms with Gasteiger partial charge < -0.3 is 18.8 Å². The number of fused-ring (bicyclic) bond motifs is 1. The van der Waals surface area contributed by atoms with Gasteiger partial charge in [-0.1, -0.05) is 0 Å². The molecule has 3 aromatic rings. The topological polar surface area (TPSA) is 86.4 Å². The minimum absolute atomic E-state index is 0.0464. The number of aryl methyl sites for hydroxylation is 2. The average molecular weight is 465 g/mol. The molecule has 4 rings (SSSR count). The molecule has 1 atom stereocenters. The molecule has 0 radical (unpaired) electrons. The summed E-state index contributed by atoms with van der Waals surface area (Å²) in [7, 11) is 1.73. The molecule has 2 aromatic heterocycles. The number of aromatic nitrogens is 3. The van der Waals surface area contributed by atoms with Crippen molar-refractivity contribution in [2.24, 2.45) is 13.0 Å². The van der Waals surface area contributed by atoms with E-state index in [9.17, 15) is 14.4 Å². The standard InChI is InChI=1S/C26H32N4O4/c1-17-11-20(15-28(5)24(17)32)23-27-21-9-8-18(16-31)12-22(21)30(23)14-19-7-6-10-29(13-19)25(33)34-26(2,3)4/h8-9,11-12,15-16,19H,6-7,10,13-14H2,1-5H3/t19-/m0/s1. The van der Waals surface area contributed by atoms with E-state index in [1.807, 2.05) is 39.0 Å². The average Bonchev–Trinajstić information content (AvgIpc) is 3.13. The van der Waals surface area contributed by atoms with Gasteiger partial charge in [-0.05, 0) is 70.7 Å². The van der Waals surface area contributed by atoms with Crippen LogP contribution >= 0.6 is 0 Å². The molecule has 180 valence electrons. The minimum Gasteiger partial charge on any atom is -0.444 e. The summed E-state index contributed by atoms with van der Waals surface area (Å²) in [5.41, 5.74) is 3.12. The molecule has 1 amide bonds. The molecule has 8 nitrogen and oxygen atoms in total. The van der Waals surface area contributed by atoms with Crippen molar-refractivity contribution < 1.29 is 14.3 Å². The predicted octanol–water partition coefficient (Wildman–Crippen LogP) is 4.17. The first-order valence-corrected chi connectivity index (χ1v) is 11.7. The summed E-state index contributed by atoms with van der Waals surface area (Å²) < 4.78 is 9.27. The Bertz CT molecular complexity index is 1270. The normalized spacial score (nSPS) is 16.6. The second kappa shape index (κ2) is 9.08. The smallest absolute Gasteiger partial charge is 0.410 e. The highest BCUT2D eigenvalue weighted by Crippen LogP contribution is 2.29. The quantitative estimate of drug-likeness (QED) is 0.541. The summed E-state index contributed by atoms with van der Waals surface area (Å²) in [5.74, 6) is 0.942. The molecule has 0 spiro atoms. The van der Waals surface area contributed by atoms with Gasteiger partial charge in [-0.15, -0.1) is 0 Å². The molecule has 0 unspecified atom stereocenters. The fraction of sp³-hybridized carbons (Fsp3) is 0.462. The van der Waals surface area contributed by atoms with Gasteiger partial charge in [0.15, 0.2) is 0 Å². The van der Waals surface area contributed by atoms with Crippen LogP contribution in [0.15, 0.2) is 35.3 Å². The molecule has 0 N–H and O–H groups in total. The van der Waals surface area contributed by atoms with Gasteiger partial charge in [0.1, 0.15) is 17.7 Å². The third-order valence-electron chi connectivity index (χ3n) is 6.14. The number of hydrogen-bond donors (Lipinski definition) is 0. The van der Waals surface area contributed by atoms with Crippen molar-refractivity contribution in [1.82, 2.24) is 19.0 Å². The molecule has 1 aliphatic heterocycles. The Kier molecular flexibility index (Phi) is 6.34. The molecule has 8 heteroatoms. The Morgan fingerprint density at radius 3 is 2.71 bits per heavy atom. The maximum atomic E-state index is 12.7. The van der Waals surface area contributed by atoms with Crippen molar-refractivity contribution in [2.75, 3.05) is 13.1 Å². The van der Waals surface area contributed by atoms with Crippen LogP contribution in [0.5, 0.6) is 0 Å². The van der Waals surface area contributed by atoms with Gasteiger partial charge in [0.25, 0.3) is 5.56 Å². The zero-order chi connectivity index (χ0) is 24.6. The molecule has 0 aliphatic carbocycles. The first-order chi connectivity index (χ1) is 16.1. The number of amides is 1. The molecular formula is C26H32N4O4. The van der Waals surface area contributed by atoms with Crippen LogP contribution in [0, 0.1) is 12.8 Å². The lowest BCUT2D eigenvalue weighted by Gasteiger charge is -2.34. The zero-order valence-corrected chi connectivity index (χ0v) is 20.5. The lowest BCUT2D eigenvalue weighted by atomic mass is 9.98. The summed E-state index contributed by atoms with van der Waals surface area (Å²) in [6, 6.07) is 7.31. The fourth-order valence-corrected chi connectivity index (χ4v) is 4.58. The Hall–Kier alpha value is -3.42. The number of piperidine rings is 1. The van der Waals surface area contributed by atoms with Crippen molar-refractivity contribution in [2.45, 2.75) is 52.7 Å². The Morgan fingerprint density at radius 2 is 2.03 bits per heavy atom. The first-order valence-electron chi connectivity index (χ1n) is 11.7. The molecule has 0 bridgehead atoms. The summed E-state index contributed by atoms with van der Waals surface area (Å²) in [4.78, 5) is 43.0. The zero-order valence-electron chi connectivity index (χ0n) is 20.5. The summed E-state index contributed by atoms with van der Waals surface area (Å²) >= 11 is 0. The van der Waals surface area contributed by atoms with Crippen molar-refractivity contribution in [3.63, 3.8) is 0 Å². The largest absolute Gasteiger partial charge is 0.444 e. The molecular weight excluding hydrogens is 432 g/mol. The van der Waals surface area contributed by atoms with E-state index in [4.69, 9.17) is 9.72 Å². The van der Waals surface area contributed by atoms with Crippen LogP contribution in [0.25, 0.3) is 22.4 Å². The van der Waals surface area contributed by atoms with Crippen molar-refractivity contribution >= 4 is 23.4 Å². The van der Waals surface area contributed by atoms with Crippen LogP contribution < -0.4 is 5.56 Å². The molecule has 34 heavy (non-hydrogen) atoms. The molecule has 1 saturated heterocycles. The Labute approximate surface area is 199 Å². The Balaban J connectivity index is 1.72. The van der Waals surface area contributed by atoms with E-state index in [2.05, 4.69) is 4.57 Å². The molecule has 1 aliphatic rings. The highest BCUT2D eigenvalue weighted by Gasteiger charge is 2.29. The molecule has 3 heterocycles. The number of likely N-dealkylation sites (tertiary alicyclic amines) is 1. The lowest BCUT2D eigenvalue weighted by Crippen LogP contribution is -2.43. The lowest BCUT2D eigenvalue weighted by molar-refractivity contribution is 0.0158. The van der Waals surface area contributed by atoms with Crippen molar-refractivity contribution in [3.8, 4) is 11.4 Å². The van der Waals surface area contributed by atoms with Crippen LogP contribution in [0.1, 0.15) is 49.5 Å². The number of pyridine rings is 1. The van der Waals surface area contributed by atoms with E-state index in [0.29, 0.717) is 30.8 Å². The highest BCUT2D eigenvalue weighted by molar-refractivity contribution is 5.87. The van der Waals surface area contributed by atoms with Gasteiger partial charge in [-0.2, -0.15) is 0 Å². The number of benzene rings is 1. The second-order valence-electron chi connectivity index (χ2n) is 10.2. The van der Waals surface area contributed by atoms with Crippen LogP contribution in [-0.2, 0) is 18.3 Å². The third-order valence-corrected chi connectivity index (χ3v) is 6.14. The number of aldehydes is 1. The van der Waals surface area contributed by atoms with Crippen LogP contribution in [0.4, 0.5) is 4.79 Å². The van der Waals surface area contributed by atoms with E-state index < -0.39 is 5.60 Å². The minimum atomic E-state index is -0.538. The summed E-state index contributed by atoms with van der Waals surface area (Å²) in [6.07, 6.45) is 4.20. The number of rotatable bonds is 4. The Morgan fingerprint density at radius 1 is 1.26 bits per heavy atom. The number of imidazole rings is 1. The maximum Gasteiger partial charge on any atom is 0.410 e. The van der Waals surface area contributed by atoms with Gasteiger partial charge in [0, 0.05) is 49.6 Å². The van der Waals surface area contributed by atoms with E-state index in [0.717, 1.165) is 41.5 Å². The maximum absolute atomic E-state index is 12.7. The van der Waals surface area contributed by atoms with E-state index >= 15 is 0 Å². The van der Waals surface area contributed by atoms with Gasteiger partial charge >= 0.3 is 6.09 Å². The van der Waals surface area contributed by atoms with Crippen LogP contribution in [0.3, 0.4) is 0 Å². The van der Waals surface area contributed by atoms with Crippen molar-refractivity contribution in [1.29, 1.82) is 0 Å². The van der Waals surface area contributed by atoms with Gasteiger partial charge in [-0.3, -0.25) is 9.59 Å². The van der Waals surface area contributed by atoms with E-state index in [1.165, 1.54) is 0 Å². The van der Waals surface area contributed by atoms with E-state index in [1.54, 1.807) is 35.7 Å². The third kappa shape index (κ3) is 4.90. The van der Waals surface area contributed by atoms with Crippen molar-refractivity contribution in [3.05, 3.63) is 51.9 Å². The number of hydrogen-bond acceptors (Lipinski definition) is 5. The molecule has 0 saturated carbocycles. The second-order valence-corrected chi connectivity index (χ2v) is 10.2. The number of nitrogens with zero attached hydrogens (tertiary/aromatic N) is 4. The molecule has 1 fully saturated rings. The number of ether oxygens (including phenoxy) is 1. The summed E-state index contributed by atoms with van der Waals surface area (Å²) in [5, 5.41) is 0. The fourth-order valence-electron chi connectivity index (χ4n) is 4.58. The number of carbonyl (C=O) groups is 2.